The van der Waals surface area contributed by atoms with E-state index in [1.54, 1.807) is 12.1 Å². The molecule has 2 N–H and O–H groups in total. The SMILES string of the molecule is O=C1NC(=O)N(c2ccncc2)C(=O)/C1=C/c1ccc(O)cc1. The number of aromatic nitrogens is 1. The summed E-state index contributed by atoms with van der Waals surface area (Å²) in [6, 6.07) is 8.14. The highest BCUT2D eigenvalue weighted by molar-refractivity contribution is 6.39. The number of rotatable bonds is 2. The summed E-state index contributed by atoms with van der Waals surface area (Å²) in [7, 11) is 0. The zero-order valence-corrected chi connectivity index (χ0v) is 11.8. The summed E-state index contributed by atoms with van der Waals surface area (Å²) in [5, 5.41) is 11.4. The summed E-state index contributed by atoms with van der Waals surface area (Å²) >= 11 is 0. The van der Waals surface area contributed by atoms with Crippen LogP contribution < -0.4 is 10.2 Å². The number of benzene rings is 1. The second-order valence-corrected chi connectivity index (χ2v) is 4.75. The maximum absolute atomic E-state index is 12.5. The Morgan fingerprint density at radius 2 is 1.65 bits per heavy atom. The first-order valence-electron chi connectivity index (χ1n) is 6.67. The van der Waals surface area contributed by atoms with Crippen molar-refractivity contribution >= 4 is 29.6 Å². The summed E-state index contributed by atoms with van der Waals surface area (Å²) in [6.45, 7) is 0. The first kappa shape index (κ1) is 14.5. The number of aromatic hydroxyl groups is 1. The van der Waals surface area contributed by atoms with E-state index in [0.29, 0.717) is 11.3 Å². The van der Waals surface area contributed by atoms with E-state index in [0.717, 1.165) is 4.90 Å². The van der Waals surface area contributed by atoms with Crippen molar-refractivity contribution in [1.29, 1.82) is 0 Å². The van der Waals surface area contributed by atoms with E-state index in [1.807, 2.05) is 0 Å². The number of phenols is 1. The van der Waals surface area contributed by atoms with Crippen molar-refractivity contribution in [3.05, 3.63) is 59.9 Å². The number of imide groups is 2. The lowest BCUT2D eigenvalue weighted by atomic mass is 10.1. The minimum Gasteiger partial charge on any atom is -0.508 e. The molecule has 0 saturated carbocycles. The Morgan fingerprint density at radius 1 is 1.00 bits per heavy atom. The largest absolute Gasteiger partial charge is 0.508 e. The van der Waals surface area contributed by atoms with Crippen molar-refractivity contribution in [1.82, 2.24) is 10.3 Å². The molecule has 0 atom stereocenters. The summed E-state index contributed by atoms with van der Waals surface area (Å²) in [5.41, 5.74) is 0.684. The molecule has 7 heteroatoms. The normalized spacial score (nSPS) is 16.6. The van der Waals surface area contributed by atoms with Crippen molar-refractivity contribution in [2.24, 2.45) is 0 Å². The highest BCUT2D eigenvalue weighted by atomic mass is 16.3. The Morgan fingerprint density at radius 3 is 2.30 bits per heavy atom. The van der Waals surface area contributed by atoms with Crippen molar-refractivity contribution in [2.45, 2.75) is 0 Å². The molecular formula is C16H11N3O4. The van der Waals surface area contributed by atoms with Gasteiger partial charge in [0, 0.05) is 12.4 Å². The number of hydrogen-bond donors (Lipinski definition) is 2. The maximum atomic E-state index is 12.5. The van der Waals surface area contributed by atoms with Gasteiger partial charge in [0.05, 0.1) is 5.69 Å². The molecule has 3 rings (SSSR count). The van der Waals surface area contributed by atoms with Crippen LogP contribution in [0.1, 0.15) is 5.56 Å². The zero-order valence-electron chi connectivity index (χ0n) is 11.8. The van der Waals surface area contributed by atoms with Crippen molar-refractivity contribution in [2.75, 3.05) is 4.90 Å². The number of barbiturate groups is 1. The van der Waals surface area contributed by atoms with E-state index in [9.17, 15) is 19.5 Å². The van der Waals surface area contributed by atoms with Crippen LogP contribution >= 0.6 is 0 Å². The third-order valence-electron chi connectivity index (χ3n) is 3.23. The van der Waals surface area contributed by atoms with Crippen molar-refractivity contribution in [3.63, 3.8) is 0 Å². The molecule has 0 radical (unpaired) electrons. The van der Waals surface area contributed by atoms with Gasteiger partial charge in [-0.15, -0.1) is 0 Å². The predicted molar refractivity (Wildman–Crippen MR) is 81.3 cm³/mol. The summed E-state index contributed by atoms with van der Waals surface area (Å²) in [4.78, 5) is 41.1. The fraction of sp³-hybridized carbons (Fsp3) is 0. The number of carbonyl (C=O) groups excluding carboxylic acids is 3. The van der Waals surface area contributed by atoms with E-state index in [1.165, 1.54) is 42.7 Å². The molecule has 1 aromatic heterocycles. The van der Waals surface area contributed by atoms with Gasteiger partial charge in [-0.25, -0.2) is 9.69 Å². The Labute approximate surface area is 130 Å². The highest BCUT2D eigenvalue weighted by Crippen LogP contribution is 2.21. The van der Waals surface area contributed by atoms with Crippen LogP contribution in [0, 0.1) is 0 Å². The quantitative estimate of drug-likeness (QED) is 0.646. The number of nitrogens with one attached hydrogen (secondary N) is 1. The molecule has 0 bridgehead atoms. The molecule has 2 aromatic rings. The van der Waals surface area contributed by atoms with Gasteiger partial charge >= 0.3 is 6.03 Å². The Bertz CT molecular complexity index is 813. The number of pyridine rings is 1. The lowest BCUT2D eigenvalue weighted by Crippen LogP contribution is -2.54. The van der Waals surface area contributed by atoms with Gasteiger partial charge in [-0.3, -0.25) is 19.9 Å². The molecule has 1 aromatic carbocycles. The third kappa shape index (κ3) is 2.80. The molecule has 114 valence electrons. The Balaban J connectivity index is 2.00. The van der Waals surface area contributed by atoms with Crippen molar-refractivity contribution < 1.29 is 19.5 Å². The predicted octanol–water partition coefficient (Wildman–Crippen LogP) is 1.45. The van der Waals surface area contributed by atoms with Crippen molar-refractivity contribution in [3.8, 4) is 5.75 Å². The second-order valence-electron chi connectivity index (χ2n) is 4.75. The average Bonchev–Trinajstić information content (AvgIpc) is 2.54. The van der Waals surface area contributed by atoms with E-state index in [4.69, 9.17) is 0 Å². The lowest BCUT2D eigenvalue weighted by Gasteiger charge is -2.26. The number of nitrogens with zero attached hydrogens (tertiary/aromatic N) is 2. The molecule has 0 spiro atoms. The van der Waals surface area contributed by atoms with Crippen LogP contribution in [0.15, 0.2) is 54.4 Å². The Hall–Kier alpha value is -3.48. The first-order chi connectivity index (χ1) is 11.1. The molecule has 23 heavy (non-hydrogen) atoms. The summed E-state index contributed by atoms with van der Waals surface area (Å²) in [5.74, 6) is -1.42. The minimum atomic E-state index is -0.811. The number of anilines is 1. The first-order valence-corrected chi connectivity index (χ1v) is 6.67. The third-order valence-corrected chi connectivity index (χ3v) is 3.23. The van der Waals surface area contributed by atoms with E-state index in [-0.39, 0.29) is 11.3 Å². The highest BCUT2D eigenvalue weighted by Gasteiger charge is 2.36. The van der Waals surface area contributed by atoms with Gasteiger partial charge in [0.1, 0.15) is 11.3 Å². The van der Waals surface area contributed by atoms with Gasteiger partial charge in [-0.05, 0) is 35.9 Å². The topological polar surface area (TPSA) is 99.6 Å². The molecule has 2 heterocycles. The summed E-state index contributed by atoms with van der Waals surface area (Å²) in [6.07, 6.45) is 4.24. The van der Waals surface area contributed by atoms with E-state index in [2.05, 4.69) is 10.3 Å². The second kappa shape index (κ2) is 5.72. The number of amides is 4. The molecule has 0 aliphatic carbocycles. The van der Waals surface area contributed by atoms with E-state index < -0.39 is 17.8 Å². The Kier molecular flexibility index (Phi) is 3.60. The van der Waals surface area contributed by atoms with E-state index >= 15 is 0 Å². The van der Waals surface area contributed by atoms with Crippen LogP contribution in [-0.4, -0.2) is 27.9 Å². The molecule has 1 aliphatic rings. The molecular weight excluding hydrogens is 298 g/mol. The smallest absolute Gasteiger partial charge is 0.335 e. The van der Waals surface area contributed by atoms with Gasteiger partial charge in [-0.2, -0.15) is 0 Å². The lowest BCUT2D eigenvalue weighted by molar-refractivity contribution is -0.122. The van der Waals surface area contributed by atoms with Crippen LogP contribution in [0.25, 0.3) is 6.08 Å². The molecule has 7 nitrogen and oxygen atoms in total. The monoisotopic (exact) mass is 309 g/mol. The van der Waals surface area contributed by atoms with Gasteiger partial charge in [0.2, 0.25) is 0 Å². The van der Waals surface area contributed by atoms with Crippen LogP contribution in [0.5, 0.6) is 5.75 Å². The van der Waals surface area contributed by atoms with Gasteiger partial charge in [0.25, 0.3) is 11.8 Å². The van der Waals surface area contributed by atoms with Crippen LogP contribution in [0.2, 0.25) is 0 Å². The molecule has 1 fully saturated rings. The number of urea groups is 1. The van der Waals surface area contributed by atoms with Gasteiger partial charge in [0.15, 0.2) is 0 Å². The molecule has 1 aliphatic heterocycles. The zero-order chi connectivity index (χ0) is 16.4. The summed E-state index contributed by atoms with van der Waals surface area (Å²) < 4.78 is 0. The molecule has 4 amide bonds. The van der Waals surface area contributed by atoms with Gasteiger partial charge in [-0.1, -0.05) is 12.1 Å². The number of carbonyl (C=O) groups is 3. The average molecular weight is 309 g/mol. The van der Waals surface area contributed by atoms with Gasteiger partial charge < -0.3 is 5.11 Å². The molecule has 1 saturated heterocycles. The number of hydrogen-bond acceptors (Lipinski definition) is 5. The fourth-order valence-corrected chi connectivity index (χ4v) is 2.12. The minimum absolute atomic E-state index is 0.0696. The molecule has 0 unspecified atom stereocenters. The van der Waals surface area contributed by atoms with Crippen LogP contribution in [0.3, 0.4) is 0 Å². The fourth-order valence-electron chi connectivity index (χ4n) is 2.12. The number of phenolic OH excluding ortho intramolecular Hbond substituents is 1. The van der Waals surface area contributed by atoms with Crippen LogP contribution in [-0.2, 0) is 9.59 Å². The maximum Gasteiger partial charge on any atom is 0.335 e. The van der Waals surface area contributed by atoms with Crippen LogP contribution in [0.4, 0.5) is 10.5 Å². The standard InChI is InChI=1S/C16H11N3O4/c20-12-3-1-10(2-4-12)9-13-14(21)18-16(23)19(15(13)22)11-5-7-17-8-6-11/h1-9,20H,(H,18,21,23)/b13-9+.